The zero-order chi connectivity index (χ0) is 28.1. The van der Waals surface area contributed by atoms with Crippen molar-refractivity contribution >= 4 is 23.1 Å². The van der Waals surface area contributed by atoms with Gasteiger partial charge in [0, 0.05) is 36.5 Å². The van der Waals surface area contributed by atoms with Crippen molar-refractivity contribution in [3.8, 4) is 0 Å². The molecular weight excluding hydrogens is 472 g/mol. The Kier molecular flexibility index (Phi) is 6.24. The highest BCUT2D eigenvalue weighted by atomic mass is 16.3. The Bertz CT molecular complexity index is 1090. The smallest absolute Gasteiger partial charge is 0.207 e. The van der Waals surface area contributed by atoms with Crippen LogP contribution < -0.4 is 0 Å². The number of rotatable bonds is 5. The van der Waals surface area contributed by atoms with E-state index in [-0.39, 0.29) is 43.3 Å². The van der Waals surface area contributed by atoms with Crippen LogP contribution in [0.15, 0.2) is 11.6 Å². The van der Waals surface area contributed by atoms with E-state index < -0.39 is 62.2 Å². The second-order valence-corrected chi connectivity index (χ2v) is 14.4. The largest absolute Gasteiger partial charge is 0.393 e. The Hall–Kier alpha value is -1.70. The quantitative estimate of drug-likeness (QED) is 0.377. The predicted octanol–water partition coefficient (Wildman–Crippen LogP) is 3.36. The van der Waals surface area contributed by atoms with Gasteiger partial charge < -0.3 is 15.3 Å². The van der Waals surface area contributed by atoms with Gasteiger partial charge in [0.2, 0.25) is 5.78 Å². The highest BCUT2D eigenvalue weighted by Crippen LogP contribution is 2.74. The van der Waals surface area contributed by atoms with Crippen LogP contribution in [-0.2, 0) is 19.2 Å². The summed E-state index contributed by atoms with van der Waals surface area (Å²) >= 11 is 0. The summed E-state index contributed by atoms with van der Waals surface area (Å²) in [7, 11) is 0. The van der Waals surface area contributed by atoms with Crippen molar-refractivity contribution in [3.63, 3.8) is 0 Å². The minimum absolute atomic E-state index is 0.0127. The number of carbonyl (C=O) groups excluding carboxylic acids is 4. The number of carbonyl (C=O) groups is 4. The van der Waals surface area contributed by atoms with E-state index in [1.54, 1.807) is 27.7 Å². The summed E-state index contributed by atoms with van der Waals surface area (Å²) in [4.78, 5) is 53.0. The minimum Gasteiger partial charge on any atom is -0.393 e. The zero-order valence-corrected chi connectivity index (χ0v) is 23.6. The van der Waals surface area contributed by atoms with E-state index in [1.165, 1.54) is 6.92 Å². The molecule has 4 aliphatic rings. The van der Waals surface area contributed by atoms with Gasteiger partial charge in [-0.05, 0) is 70.6 Å². The van der Waals surface area contributed by atoms with Gasteiger partial charge in [-0.15, -0.1) is 0 Å². The SMILES string of the molecule is CC(C)(O)CCC(=O)C(C)(O)[C@H]1[C@@H](O)C[C@@]2(C)[C@@H]3CC=C4[C@@H](CC(=O)C(=O)C4(C)C)[C@]3(C)C(=O)C[C@]12C. The van der Waals surface area contributed by atoms with Gasteiger partial charge in [0.15, 0.2) is 11.6 Å². The Balaban J connectivity index is 1.77. The third-order valence-electron chi connectivity index (χ3n) is 11.4. The summed E-state index contributed by atoms with van der Waals surface area (Å²) < 4.78 is 0. The van der Waals surface area contributed by atoms with Gasteiger partial charge in [-0.2, -0.15) is 0 Å². The Morgan fingerprint density at radius 2 is 1.62 bits per heavy atom. The Labute approximate surface area is 220 Å². The third-order valence-corrected chi connectivity index (χ3v) is 11.4. The molecule has 7 nitrogen and oxygen atoms in total. The van der Waals surface area contributed by atoms with E-state index in [2.05, 4.69) is 6.92 Å². The van der Waals surface area contributed by atoms with Crippen LogP contribution in [0.1, 0.15) is 93.9 Å². The molecule has 0 amide bonds. The Morgan fingerprint density at radius 1 is 1.03 bits per heavy atom. The van der Waals surface area contributed by atoms with Crippen LogP contribution in [0.3, 0.4) is 0 Å². The molecule has 0 aromatic rings. The number of aliphatic hydroxyl groups is 3. The Morgan fingerprint density at radius 3 is 2.19 bits per heavy atom. The van der Waals surface area contributed by atoms with Crippen molar-refractivity contribution in [1.29, 1.82) is 0 Å². The molecule has 0 bridgehead atoms. The van der Waals surface area contributed by atoms with Crippen molar-refractivity contribution in [1.82, 2.24) is 0 Å². The highest BCUT2D eigenvalue weighted by Gasteiger charge is 2.74. The average molecular weight is 517 g/mol. The van der Waals surface area contributed by atoms with Crippen molar-refractivity contribution in [3.05, 3.63) is 11.6 Å². The first-order chi connectivity index (χ1) is 16.7. The minimum atomic E-state index is -1.88. The monoisotopic (exact) mass is 516 g/mol. The summed E-state index contributed by atoms with van der Waals surface area (Å²) in [6, 6.07) is 0. The molecule has 3 N–H and O–H groups in total. The van der Waals surface area contributed by atoms with E-state index >= 15 is 0 Å². The van der Waals surface area contributed by atoms with Crippen molar-refractivity contribution < 1.29 is 34.5 Å². The lowest BCUT2D eigenvalue weighted by Crippen LogP contribution is -2.65. The molecule has 4 aliphatic carbocycles. The van der Waals surface area contributed by atoms with Crippen LogP contribution in [0.2, 0.25) is 0 Å². The highest BCUT2D eigenvalue weighted by molar-refractivity contribution is 6.40. The van der Waals surface area contributed by atoms with Crippen LogP contribution in [0.5, 0.6) is 0 Å². The number of allylic oxidation sites excluding steroid dienone is 2. The van der Waals surface area contributed by atoms with Gasteiger partial charge in [0.05, 0.1) is 17.1 Å². The molecule has 3 saturated carbocycles. The lowest BCUT2D eigenvalue weighted by Gasteiger charge is -2.64. The van der Waals surface area contributed by atoms with Crippen LogP contribution in [0.4, 0.5) is 0 Å². The summed E-state index contributed by atoms with van der Waals surface area (Å²) in [6.45, 7) is 14.1. The molecule has 8 atom stereocenters. The molecule has 0 aromatic carbocycles. The lowest BCUT2D eigenvalue weighted by molar-refractivity contribution is -0.183. The molecular formula is C30H44O7. The molecule has 3 fully saturated rings. The maximum atomic E-state index is 14.2. The van der Waals surface area contributed by atoms with E-state index in [0.29, 0.717) is 12.8 Å². The first-order valence-electron chi connectivity index (χ1n) is 13.6. The molecule has 0 radical (unpaired) electrons. The number of hydrogen-bond donors (Lipinski definition) is 3. The summed E-state index contributed by atoms with van der Waals surface area (Å²) in [6.07, 6.45) is 2.11. The fraction of sp³-hybridized carbons (Fsp3) is 0.800. The molecule has 37 heavy (non-hydrogen) atoms. The maximum absolute atomic E-state index is 14.2. The zero-order valence-electron chi connectivity index (χ0n) is 23.6. The molecule has 0 spiro atoms. The lowest BCUT2D eigenvalue weighted by atomic mass is 9.38. The van der Waals surface area contributed by atoms with Crippen LogP contribution in [-0.4, -0.2) is 55.8 Å². The number of fused-ring (bicyclic) bond motifs is 5. The van der Waals surface area contributed by atoms with E-state index in [4.69, 9.17) is 0 Å². The topological polar surface area (TPSA) is 129 Å². The molecule has 0 aliphatic heterocycles. The standard InChI is InChI=1S/C30H44O7/c1-25(2,36)12-11-21(33)30(8,37)23-19(32)14-27(5)20-10-9-16-17(13-18(31)24(35)26(16,3)4)29(20,7)22(34)15-28(23,27)6/h9,17,19-20,23,32,36-37H,10-15H2,1-8H3/t17-,19+,20+,23+,27+,28-,29+,30?/m1/s1. The van der Waals surface area contributed by atoms with Crippen LogP contribution >= 0.6 is 0 Å². The fourth-order valence-electron chi connectivity index (χ4n) is 9.06. The normalized spacial score (nSPS) is 42.9. The van der Waals surface area contributed by atoms with E-state index in [9.17, 15) is 34.5 Å². The van der Waals surface area contributed by atoms with Gasteiger partial charge in [0.1, 0.15) is 11.4 Å². The van der Waals surface area contributed by atoms with Gasteiger partial charge in [-0.3, -0.25) is 19.2 Å². The number of Topliss-reactive ketones (excluding diaryl/α,β-unsaturated/α-hetero) is 4. The summed E-state index contributed by atoms with van der Waals surface area (Å²) in [5.41, 5.74) is -5.40. The molecule has 0 saturated heterocycles. The molecule has 7 heteroatoms. The van der Waals surface area contributed by atoms with Crippen molar-refractivity contribution in [2.75, 3.05) is 0 Å². The van der Waals surface area contributed by atoms with Crippen molar-refractivity contribution in [2.45, 2.75) is 111 Å². The van der Waals surface area contributed by atoms with Gasteiger partial charge in [0.25, 0.3) is 0 Å². The number of aliphatic hydroxyl groups excluding tert-OH is 1. The van der Waals surface area contributed by atoms with Crippen molar-refractivity contribution in [2.24, 2.45) is 39.4 Å². The third kappa shape index (κ3) is 3.70. The average Bonchev–Trinajstić information content (AvgIpc) is 2.96. The fourth-order valence-corrected chi connectivity index (χ4v) is 9.06. The van der Waals surface area contributed by atoms with E-state index in [1.807, 2.05) is 19.9 Å². The second kappa shape index (κ2) is 8.15. The predicted molar refractivity (Wildman–Crippen MR) is 137 cm³/mol. The van der Waals surface area contributed by atoms with Crippen LogP contribution in [0.25, 0.3) is 0 Å². The second-order valence-electron chi connectivity index (χ2n) is 14.4. The van der Waals surface area contributed by atoms with E-state index in [0.717, 1.165) is 5.57 Å². The summed E-state index contributed by atoms with van der Waals surface area (Å²) in [5.74, 6) is -2.80. The van der Waals surface area contributed by atoms with Gasteiger partial charge in [-0.1, -0.05) is 32.4 Å². The van der Waals surface area contributed by atoms with Gasteiger partial charge in [-0.25, -0.2) is 0 Å². The molecule has 0 aromatic heterocycles. The molecule has 4 rings (SSSR count). The molecule has 206 valence electrons. The van der Waals surface area contributed by atoms with Gasteiger partial charge >= 0.3 is 0 Å². The maximum Gasteiger partial charge on any atom is 0.207 e. The summed E-state index contributed by atoms with van der Waals surface area (Å²) in [5, 5.41) is 33.2. The first kappa shape index (κ1) is 28.3. The molecule has 1 unspecified atom stereocenters. The van der Waals surface area contributed by atoms with Crippen LogP contribution in [0, 0.1) is 39.4 Å². The first-order valence-corrected chi connectivity index (χ1v) is 13.6. The number of ketones is 4. The number of hydrogen-bond acceptors (Lipinski definition) is 7. The molecule has 0 heterocycles.